The second-order valence-corrected chi connectivity index (χ2v) is 4.00. The lowest BCUT2D eigenvalue weighted by Crippen LogP contribution is -2.42. The van der Waals surface area contributed by atoms with Gasteiger partial charge in [0.25, 0.3) is 0 Å². The van der Waals surface area contributed by atoms with Crippen LogP contribution in [0.15, 0.2) is 0 Å². The summed E-state index contributed by atoms with van der Waals surface area (Å²) in [5.41, 5.74) is 0. The first-order chi connectivity index (χ1) is 6.88. The van der Waals surface area contributed by atoms with Crippen molar-refractivity contribution < 1.29 is 19.7 Å². The maximum Gasteiger partial charge on any atom is 0.302 e. The van der Waals surface area contributed by atoms with Crippen LogP contribution in [-0.4, -0.2) is 48.5 Å². The van der Waals surface area contributed by atoms with Crippen LogP contribution in [0.1, 0.15) is 27.2 Å². The van der Waals surface area contributed by atoms with Crippen molar-refractivity contribution in [3.05, 3.63) is 0 Å². The van der Waals surface area contributed by atoms with Crippen LogP contribution >= 0.6 is 0 Å². The maximum atomic E-state index is 10.8. The Bertz CT molecular complexity index is 196. The van der Waals surface area contributed by atoms with Gasteiger partial charge in [-0.3, -0.25) is 10.1 Å². The molecule has 90 valence electrons. The first kappa shape index (κ1) is 14.3. The van der Waals surface area contributed by atoms with Crippen LogP contribution in [0.4, 0.5) is 0 Å². The molecule has 0 fully saturated rings. The molecular formula is C10H21NO4. The molecule has 0 spiro atoms. The average Bonchev–Trinajstić information content (AvgIpc) is 2.11. The van der Waals surface area contributed by atoms with Crippen molar-refractivity contribution in [2.24, 2.45) is 0 Å². The second kappa shape index (κ2) is 6.76. The van der Waals surface area contributed by atoms with E-state index in [9.17, 15) is 4.79 Å². The van der Waals surface area contributed by atoms with Gasteiger partial charge in [-0.15, -0.1) is 0 Å². The van der Waals surface area contributed by atoms with E-state index in [2.05, 4.69) is 4.89 Å². The number of hydrogen-bond donors (Lipinski definition) is 1. The van der Waals surface area contributed by atoms with Crippen molar-refractivity contribution in [3.8, 4) is 0 Å². The van der Waals surface area contributed by atoms with Crippen LogP contribution in [0.25, 0.3) is 0 Å². The number of carbonyl (C=O) groups excluding carboxylic acids is 1. The van der Waals surface area contributed by atoms with Crippen molar-refractivity contribution in [1.82, 2.24) is 4.90 Å². The van der Waals surface area contributed by atoms with Gasteiger partial charge < -0.3 is 9.64 Å². The molecule has 0 aliphatic heterocycles. The normalized spacial score (nSPS) is 17.3. The van der Waals surface area contributed by atoms with Gasteiger partial charge in [0.2, 0.25) is 0 Å². The molecule has 1 N–H and O–H groups in total. The quantitative estimate of drug-likeness (QED) is 0.412. The lowest BCUT2D eigenvalue weighted by molar-refractivity contribution is -0.278. The van der Waals surface area contributed by atoms with Crippen LogP contribution in [0.5, 0.6) is 0 Å². The summed E-state index contributed by atoms with van der Waals surface area (Å²) in [5, 5.41) is 8.50. The van der Waals surface area contributed by atoms with Gasteiger partial charge in [-0.25, -0.2) is 4.89 Å². The lowest BCUT2D eigenvalue weighted by atomic mass is 10.0. The predicted octanol–water partition coefficient (Wildman–Crippen LogP) is 1.14. The van der Waals surface area contributed by atoms with Crippen molar-refractivity contribution in [2.45, 2.75) is 45.4 Å². The molecule has 0 aliphatic carbocycles. The zero-order chi connectivity index (χ0) is 12.0. The largest absolute Gasteiger partial charge is 0.461 e. The molecule has 0 saturated heterocycles. The van der Waals surface area contributed by atoms with Crippen molar-refractivity contribution in [1.29, 1.82) is 0 Å². The third kappa shape index (κ3) is 5.71. The van der Waals surface area contributed by atoms with E-state index in [0.29, 0.717) is 6.42 Å². The van der Waals surface area contributed by atoms with Crippen LogP contribution in [-0.2, 0) is 14.4 Å². The van der Waals surface area contributed by atoms with E-state index in [1.807, 2.05) is 25.9 Å². The second-order valence-electron chi connectivity index (χ2n) is 4.00. The first-order valence-corrected chi connectivity index (χ1v) is 5.02. The number of carbonyl (C=O) groups is 1. The Morgan fingerprint density at radius 1 is 1.40 bits per heavy atom. The Kier molecular flexibility index (Phi) is 6.47. The number of likely N-dealkylation sites (N-methyl/N-ethyl adjacent to an activating group) is 1. The van der Waals surface area contributed by atoms with E-state index in [1.165, 1.54) is 6.92 Å². The minimum absolute atomic E-state index is 0.0241. The minimum Gasteiger partial charge on any atom is -0.461 e. The highest BCUT2D eigenvalue weighted by Crippen LogP contribution is 2.13. The summed E-state index contributed by atoms with van der Waals surface area (Å²) >= 11 is 0. The SMILES string of the molecule is CC(=O)OC(C)[C@H](C[C@@H](C)OO)N(C)C. The Labute approximate surface area is 90.9 Å². The number of hydrogen-bond acceptors (Lipinski definition) is 5. The number of rotatable bonds is 6. The standard InChI is InChI=1S/C10H21NO4/c1-7(15-13)6-10(11(4)5)8(2)14-9(3)12/h7-8,10,13H,6H2,1-5H3/t7-,8?,10+/m1/s1. The van der Waals surface area contributed by atoms with Gasteiger partial charge in [0.1, 0.15) is 6.10 Å². The Balaban J connectivity index is 4.31. The molecule has 0 aromatic heterocycles. The molecule has 0 aromatic rings. The molecule has 0 saturated carbocycles. The number of ether oxygens (including phenoxy) is 1. The predicted molar refractivity (Wildman–Crippen MR) is 56.5 cm³/mol. The van der Waals surface area contributed by atoms with E-state index in [0.717, 1.165) is 0 Å². The maximum absolute atomic E-state index is 10.8. The summed E-state index contributed by atoms with van der Waals surface area (Å²) in [7, 11) is 3.80. The van der Waals surface area contributed by atoms with E-state index >= 15 is 0 Å². The number of esters is 1. The van der Waals surface area contributed by atoms with E-state index < -0.39 is 0 Å². The minimum atomic E-state index is -0.299. The molecule has 0 rings (SSSR count). The molecule has 0 amide bonds. The third-order valence-corrected chi connectivity index (χ3v) is 2.31. The highest BCUT2D eigenvalue weighted by molar-refractivity contribution is 5.66. The van der Waals surface area contributed by atoms with E-state index in [-0.39, 0.29) is 24.2 Å². The zero-order valence-electron chi connectivity index (χ0n) is 10.1. The van der Waals surface area contributed by atoms with Crippen molar-refractivity contribution in [3.63, 3.8) is 0 Å². The highest BCUT2D eigenvalue weighted by atomic mass is 17.1. The van der Waals surface area contributed by atoms with Gasteiger partial charge in [0.05, 0.1) is 6.10 Å². The summed E-state index contributed by atoms with van der Waals surface area (Å²) in [4.78, 5) is 17.0. The molecule has 15 heavy (non-hydrogen) atoms. The summed E-state index contributed by atoms with van der Waals surface area (Å²) in [6.07, 6.45) is 0.0864. The van der Waals surface area contributed by atoms with Crippen LogP contribution in [0.3, 0.4) is 0 Å². The topological polar surface area (TPSA) is 59.0 Å². The fraction of sp³-hybridized carbons (Fsp3) is 0.900. The molecule has 0 bridgehead atoms. The Morgan fingerprint density at radius 2 is 1.93 bits per heavy atom. The summed E-state index contributed by atoms with van der Waals surface area (Å²) in [6, 6.07) is 0.0241. The van der Waals surface area contributed by atoms with E-state index in [1.54, 1.807) is 6.92 Å². The Hall–Kier alpha value is -0.650. The fourth-order valence-electron chi connectivity index (χ4n) is 1.55. The summed E-state index contributed by atoms with van der Waals surface area (Å²) in [6.45, 7) is 4.97. The van der Waals surface area contributed by atoms with Gasteiger partial charge in [0.15, 0.2) is 0 Å². The van der Waals surface area contributed by atoms with Gasteiger partial charge in [0, 0.05) is 13.0 Å². The molecule has 1 unspecified atom stereocenters. The smallest absolute Gasteiger partial charge is 0.302 e. The van der Waals surface area contributed by atoms with Gasteiger partial charge in [-0.05, 0) is 34.4 Å². The molecule has 0 aliphatic rings. The first-order valence-electron chi connectivity index (χ1n) is 5.02. The molecule has 0 radical (unpaired) electrons. The van der Waals surface area contributed by atoms with Gasteiger partial charge in [-0.2, -0.15) is 0 Å². The van der Waals surface area contributed by atoms with Crippen molar-refractivity contribution >= 4 is 5.97 Å². The fourth-order valence-corrected chi connectivity index (χ4v) is 1.55. The lowest BCUT2D eigenvalue weighted by Gasteiger charge is -2.30. The number of nitrogens with zero attached hydrogens (tertiary/aromatic N) is 1. The summed E-state index contributed by atoms with van der Waals surface area (Å²) in [5.74, 6) is -0.299. The van der Waals surface area contributed by atoms with E-state index in [4.69, 9.17) is 9.99 Å². The molecule has 3 atom stereocenters. The van der Waals surface area contributed by atoms with Crippen molar-refractivity contribution in [2.75, 3.05) is 14.1 Å². The highest BCUT2D eigenvalue weighted by Gasteiger charge is 2.24. The molecule has 5 heteroatoms. The van der Waals surface area contributed by atoms with Crippen LogP contribution < -0.4 is 0 Å². The molecule has 0 heterocycles. The summed E-state index contributed by atoms with van der Waals surface area (Å²) < 4.78 is 5.10. The molecular weight excluding hydrogens is 198 g/mol. The molecule has 5 nitrogen and oxygen atoms in total. The molecule has 0 aromatic carbocycles. The zero-order valence-corrected chi connectivity index (χ0v) is 10.1. The average molecular weight is 219 g/mol. The van der Waals surface area contributed by atoms with Crippen LogP contribution in [0.2, 0.25) is 0 Å². The van der Waals surface area contributed by atoms with Crippen LogP contribution in [0, 0.1) is 0 Å². The monoisotopic (exact) mass is 219 g/mol. The third-order valence-electron chi connectivity index (χ3n) is 2.31. The van der Waals surface area contributed by atoms with Gasteiger partial charge in [-0.1, -0.05) is 0 Å². The Morgan fingerprint density at radius 3 is 2.27 bits per heavy atom. The van der Waals surface area contributed by atoms with Gasteiger partial charge >= 0.3 is 5.97 Å².